The molecule has 0 bridgehead atoms. The number of nitrogens with one attached hydrogen (secondary N) is 2. The van der Waals surface area contributed by atoms with Crippen LogP contribution < -0.4 is 11.1 Å². The summed E-state index contributed by atoms with van der Waals surface area (Å²) in [5.74, 6) is 0.725. The largest absolute Gasteiger partial charge is 0.384 e. The maximum absolute atomic E-state index is 7.86. The van der Waals surface area contributed by atoms with E-state index in [9.17, 15) is 0 Å². The van der Waals surface area contributed by atoms with Crippen LogP contribution in [0.4, 0.5) is 5.82 Å². The van der Waals surface area contributed by atoms with Crippen molar-refractivity contribution in [2.45, 2.75) is 58.8 Å². The normalized spacial score (nSPS) is 15.5. The average molecular weight is 399 g/mol. The number of rotatable bonds is 11. The molecule has 0 aliphatic carbocycles. The molecule has 1 unspecified atom stereocenters. The first kappa shape index (κ1) is 21.3. The Morgan fingerprint density at radius 1 is 1.21 bits per heavy atom. The monoisotopic (exact) mass is 398 g/mol. The highest BCUT2D eigenvalue weighted by Crippen LogP contribution is 2.19. The minimum Gasteiger partial charge on any atom is -0.384 e. The molecule has 1 aliphatic rings. The summed E-state index contributed by atoms with van der Waals surface area (Å²) in [5, 5.41) is 15.6. The van der Waals surface area contributed by atoms with E-state index in [2.05, 4.69) is 46.5 Å². The molecule has 1 saturated heterocycles. The topological polar surface area (TPSA) is 92.2 Å². The van der Waals surface area contributed by atoms with Gasteiger partial charge in [0.15, 0.2) is 0 Å². The van der Waals surface area contributed by atoms with Crippen LogP contribution in [-0.4, -0.2) is 46.4 Å². The third kappa shape index (κ3) is 6.05. The highest BCUT2D eigenvalue weighted by atomic mass is 16.5. The van der Waals surface area contributed by atoms with Crippen LogP contribution in [0.3, 0.4) is 0 Å². The smallest absolute Gasteiger partial charge is 0.137 e. The number of aromatic nitrogens is 2. The number of nitrogens with two attached hydrogens (primary N) is 1. The second kappa shape index (κ2) is 10.4. The SMILES string of the molecule is CCCCOC(C)Nc1c(C(=N)N)cnn1Cc1ccc(CN2CCCC2)cc1. The van der Waals surface area contributed by atoms with Crippen molar-refractivity contribution in [2.75, 3.05) is 25.0 Å². The summed E-state index contributed by atoms with van der Waals surface area (Å²) in [5.41, 5.74) is 8.87. The van der Waals surface area contributed by atoms with E-state index in [-0.39, 0.29) is 12.1 Å². The molecule has 0 amide bonds. The molecule has 4 N–H and O–H groups in total. The van der Waals surface area contributed by atoms with Gasteiger partial charge in [-0.15, -0.1) is 0 Å². The van der Waals surface area contributed by atoms with Crippen molar-refractivity contribution < 1.29 is 4.74 Å². The van der Waals surface area contributed by atoms with Gasteiger partial charge in [0.2, 0.25) is 0 Å². The third-order valence-corrected chi connectivity index (χ3v) is 5.30. The number of nitrogen functional groups attached to an aromatic ring is 1. The van der Waals surface area contributed by atoms with E-state index >= 15 is 0 Å². The lowest BCUT2D eigenvalue weighted by atomic mass is 10.1. The number of benzene rings is 1. The van der Waals surface area contributed by atoms with E-state index in [4.69, 9.17) is 15.9 Å². The zero-order valence-electron chi connectivity index (χ0n) is 17.7. The molecule has 158 valence electrons. The molecule has 1 aromatic carbocycles. The Kier molecular flexibility index (Phi) is 7.66. The maximum Gasteiger partial charge on any atom is 0.137 e. The van der Waals surface area contributed by atoms with Crippen molar-refractivity contribution in [1.82, 2.24) is 14.7 Å². The number of anilines is 1. The minimum atomic E-state index is -0.182. The van der Waals surface area contributed by atoms with Crippen molar-refractivity contribution in [3.05, 3.63) is 47.2 Å². The predicted octanol–water partition coefficient (Wildman–Crippen LogP) is 3.39. The first-order valence-corrected chi connectivity index (χ1v) is 10.7. The van der Waals surface area contributed by atoms with Crippen LogP contribution in [0.5, 0.6) is 0 Å². The Hall–Kier alpha value is -2.38. The summed E-state index contributed by atoms with van der Waals surface area (Å²) in [7, 11) is 0. The number of unbranched alkanes of at least 4 members (excludes halogenated alkanes) is 1. The van der Waals surface area contributed by atoms with Gasteiger partial charge in [0.25, 0.3) is 0 Å². The number of amidine groups is 1. The fourth-order valence-electron chi connectivity index (χ4n) is 3.62. The number of nitrogens with zero attached hydrogens (tertiary/aromatic N) is 3. The highest BCUT2D eigenvalue weighted by Gasteiger charge is 2.16. The average Bonchev–Trinajstić information content (AvgIpc) is 3.34. The summed E-state index contributed by atoms with van der Waals surface area (Å²) in [6.07, 6.45) is 6.20. The Labute approximate surface area is 173 Å². The number of hydrogen-bond donors (Lipinski definition) is 3. The van der Waals surface area contributed by atoms with Crippen LogP contribution in [0.2, 0.25) is 0 Å². The lowest BCUT2D eigenvalue weighted by molar-refractivity contribution is 0.0819. The van der Waals surface area contributed by atoms with Crippen molar-refractivity contribution >= 4 is 11.7 Å². The molecule has 3 rings (SSSR count). The Balaban J connectivity index is 1.67. The number of likely N-dealkylation sites (tertiary alicyclic amines) is 1. The van der Waals surface area contributed by atoms with Crippen LogP contribution in [0, 0.1) is 5.41 Å². The van der Waals surface area contributed by atoms with Crippen molar-refractivity contribution in [3.8, 4) is 0 Å². The molecule has 7 heteroatoms. The lowest BCUT2D eigenvalue weighted by Gasteiger charge is -2.18. The zero-order valence-corrected chi connectivity index (χ0v) is 17.7. The number of ether oxygens (including phenoxy) is 1. The summed E-state index contributed by atoms with van der Waals surface area (Å²) in [6, 6.07) is 8.72. The summed E-state index contributed by atoms with van der Waals surface area (Å²) in [6.45, 7) is 8.85. The van der Waals surface area contributed by atoms with Crippen molar-refractivity contribution in [3.63, 3.8) is 0 Å². The van der Waals surface area contributed by atoms with Crippen LogP contribution in [-0.2, 0) is 17.8 Å². The molecule has 1 aromatic heterocycles. The fraction of sp³-hybridized carbons (Fsp3) is 0.545. The second-order valence-electron chi connectivity index (χ2n) is 7.79. The third-order valence-electron chi connectivity index (χ3n) is 5.30. The quantitative estimate of drug-likeness (QED) is 0.234. The predicted molar refractivity (Wildman–Crippen MR) is 117 cm³/mol. The molecule has 1 aliphatic heterocycles. The first-order valence-electron chi connectivity index (χ1n) is 10.7. The summed E-state index contributed by atoms with van der Waals surface area (Å²) < 4.78 is 7.66. The molecule has 29 heavy (non-hydrogen) atoms. The van der Waals surface area contributed by atoms with Gasteiger partial charge in [0.1, 0.15) is 17.9 Å². The molecule has 2 heterocycles. The minimum absolute atomic E-state index is 0.000435. The molecule has 7 nitrogen and oxygen atoms in total. The van der Waals surface area contributed by atoms with E-state index < -0.39 is 0 Å². The molecular formula is C22H34N6O. The van der Waals surface area contributed by atoms with Gasteiger partial charge in [0, 0.05) is 13.2 Å². The standard InChI is InChI=1S/C22H34N6O/c1-3-4-13-29-17(2)26-22-20(21(23)24)14-25-28(22)16-19-9-7-18(8-10-19)15-27-11-5-6-12-27/h7-10,14,17,26H,3-6,11-13,15-16H2,1-2H3,(H3,23,24). The molecule has 0 radical (unpaired) electrons. The van der Waals surface area contributed by atoms with Crippen LogP contribution in [0.25, 0.3) is 0 Å². The van der Waals surface area contributed by atoms with E-state index in [0.717, 1.165) is 30.8 Å². The van der Waals surface area contributed by atoms with Crippen molar-refractivity contribution in [2.24, 2.45) is 5.73 Å². The number of hydrogen-bond acceptors (Lipinski definition) is 5. The van der Waals surface area contributed by atoms with Gasteiger partial charge in [-0.25, -0.2) is 4.68 Å². The second-order valence-corrected chi connectivity index (χ2v) is 7.79. The Bertz CT molecular complexity index is 779. The van der Waals surface area contributed by atoms with E-state index in [0.29, 0.717) is 18.7 Å². The zero-order chi connectivity index (χ0) is 20.6. The van der Waals surface area contributed by atoms with Gasteiger partial charge < -0.3 is 15.8 Å². The van der Waals surface area contributed by atoms with E-state index in [1.54, 1.807) is 6.20 Å². The highest BCUT2D eigenvalue weighted by molar-refractivity contribution is 5.99. The van der Waals surface area contributed by atoms with E-state index in [1.807, 2.05) is 11.6 Å². The summed E-state index contributed by atoms with van der Waals surface area (Å²) >= 11 is 0. The molecule has 1 atom stereocenters. The van der Waals surface area contributed by atoms with Gasteiger partial charge in [0.05, 0.1) is 18.3 Å². The molecular weight excluding hydrogens is 364 g/mol. The van der Waals surface area contributed by atoms with Gasteiger partial charge in [-0.3, -0.25) is 10.3 Å². The van der Waals surface area contributed by atoms with E-state index in [1.165, 1.54) is 31.5 Å². The first-order chi connectivity index (χ1) is 14.1. The van der Waals surface area contributed by atoms with Crippen LogP contribution >= 0.6 is 0 Å². The fourth-order valence-corrected chi connectivity index (χ4v) is 3.62. The summed E-state index contributed by atoms with van der Waals surface area (Å²) in [4.78, 5) is 2.50. The van der Waals surface area contributed by atoms with Gasteiger partial charge in [-0.05, 0) is 50.4 Å². The van der Waals surface area contributed by atoms with Gasteiger partial charge in [-0.2, -0.15) is 5.10 Å². The molecule has 0 spiro atoms. The Morgan fingerprint density at radius 2 is 1.86 bits per heavy atom. The Morgan fingerprint density at radius 3 is 2.48 bits per heavy atom. The molecule has 2 aromatic rings. The van der Waals surface area contributed by atoms with Gasteiger partial charge in [-0.1, -0.05) is 37.6 Å². The molecule has 0 saturated carbocycles. The lowest BCUT2D eigenvalue weighted by Crippen LogP contribution is -2.24. The maximum atomic E-state index is 7.86. The van der Waals surface area contributed by atoms with Crippen LogP contribution in [0.15, 0.2) is 30.5 Å². The van der Waals surface area contributed by atoms with Crippen molar-refractivity contribution in [1.29, 1.82) is 5.41 Å². The van der Waals surface area contributed by atoms with Crippen LogP contribution in [0.1, 0.15) is 56.2 Å². The molecule has 1 fully saturated rings. The van der Waals surface area contributed by atoms with Gasteiger partial charge >= 0.3 is 0 Å².